The summed E-state index contributed by atoms with van der Waals surface area (Å²) < 4.78 is 48.9. The number of nitriles is 1. The Morgan fingerprint density at radius 1 is 0.792 bits per heavy atom. The number of benzene rings is 4. The van der Waals surface area contributed by atoms with Crippen LogP contribution in [0.15, 0.2) is 119 Å². The van der Waals surface area contributed by atoms with Crippen LogP contribution in [0.5, 0.6) is 17.2 Å². The van der Waals surface area contributed by atoms with Crippen molar-refractivity contribution in [3.63, 3.8) is 0 Å². The van der Waals surface area contributed by atoms with E-state index in [9.17, 15) is 19.6 Å². The molecular formula is C57H73N4O10P. The lowest BCUT2D eigenvalue weighted by Crippen LogP contribution is -2.45. The van der Waals surface area contributed by atoms with Gasteiger partial charge in [-0.2, -0.15) is 9.83 Å². The van der Waals surface area contributed by atoms with Gasteiger partial charge in [0.25, 0.3) is 20.0 Å². The van der Waals surface area contributed by atoms with E-state index < -0.39 is 49.7 Å². The van der Waals surface area contributed by atoms with Crippen molar-refractivity contribution in [3.8, 4) is 23.3 Å². The van der Waals surface area contributed by atoms with Crippen LogP contribution in [0.1, 0.15) is 126 Å². The molecule has 0 spiro atoms. The zero-order chi connectivity index (χ0) is 52.0. The highest BCUT2D eigenvalue weighted by molar-refractivity contribution is 7.44. The number of carbonyl (C=O) groups excluding carboxylic acids is 1. The fourth-order valence-corrected chi connectivity index (χ4v) is 10.9. The molecule has 14 nitrogen and oxygen atoms in total. The topological polar surface area (TPSA) is 153 Å². The predicted molar refractivity (Wildman–Crippen MR) is 281 cm³/mol. The zero-order valence-electron chi connectivity index (χ0n) is 43.6. The van der Waals surface area contributed by atoms with Crippen LogP contribution in [0.2, 0.25) is 0 Å². The molecule has 386 valence electrons. The van der Waals surface area contributed by atoms with Gasteiger partial charge in [0.1, 0.15) is 35.2 Å². The van der Waals surface area contributed by atoms with Crippen molar-refractivity contribution < 1.29 is 37.5 Å². The molecule has 5 aromatic rings. The number of aryl methyl sites for hydroxylation is 1. The molecule has 72 heavy (non-hydrogen) atoms. The van der Waals surface area contributed by atoms with Gasteiger partial charge in [0.05, 0.1) is 52.6 Å². The summed E-state index contributed by atoms with van der Waals surface area (Å²) in [5.41, 5.74) is -0.0536. The summed E-state index contributed by atoms with van der Waals surface area (Å²) in [6.07, 6.45) is 3.57. The average Bonchev–Trinajstić information content (AvgIpc) is 3.77. The summed E-state index contributed by atoms with van der Waals surface area (Å²) in [6, 6.07) is 33.9. The lowest BCUT2D eigenvalue weighted by atomic mass is 9.80. The molecule has 5 atom stereocenters. The fraction of sp³-hybridized carbons (Fsp3) is 0.474. The first-order valence-corrected chi connectivity index (χ1v) is 26.3. The van der Waals surface area contributed by atoms with Crippen LogP contribution in [0.3, 0.4) is 0 Å². The molecule has 1 aliphatic rings. The Hall–Kier alpha value is -5.65. The summed E-state index contributed by atoms with van der Waals surface area (Å²) in [4.78, 5) is 42.7. The van der Waals surface area contributed by atoms with Crippen LogP contribution in [-0.2, 0) is 24.1 Å². The second kappa shape index (κ2) is 26.3. The van der Waals surface area contributed by atoms with E-state index in [0.717, 1.165) is 29.5 Å². The van der Waals surface area contributed by atoms with E-state index in [2.05, 4.69) is 59.2 Å². The molecule has 4 aromatic carbocycles. The van der Waals surface area contributed by atoms with Crippen LogP contribution in [0.25, 0.3) is 0 Å². The van der Waals surface area contributed by atoms with Gasteiger partial charge < -0.3 is 32.7 Å². The van der Waals surface area contributed by atoms with E-state index in [4.69, 9.17) is 32.7 Å². The van der Waals surface area contributed by atoms with E-state index >= 15 is 0 Å². The minimum Gasteiger partial charge on any atom is -0.497 e. The summed E-state index contributed by atoms with van der Waals surface area (Å²) in [5, 5.41) is 9.49. The molecule has 15 heteroatoms. The molecule has 0 amide bonds. The van der Waals surface area contributed by atoms with Gasteiger partial charge in [-0.3, -0.25) is 14.2 Å². The Labute approximate surface area is 426 Å². The van der Waals surface area contributed by atoms with Crippen LogP contribution in [0.4, 0.5) is 0 Å². The molecule has 1 aromatic heterocycles. The van der Waals surface area contributed by atoms with Crippen LogP contribution < -0.4 is 25.5 Å². The molecule has 0 aliphatic carbocycles. The number of carbonyl (C=O) groups is 1. The first-order chi connectivity index (χ1) is 34.6. The van der Waals surface area contributed by atoms with Crippen molar-refractivity contribution in [2.45, 2.75) is 130 Å². The summed E-state index contributed by atoms with van der Waals surface area (Å²) in [6.45, 7) is 17.1. The standard InChI is InChI=1S/C57H73N4O10P/c1-39(2)16-14-17-42(7)32-35-67-50-26-20-44(21-27-50)55(63)60-54(62)43(8)37-59(56(60)64)53-36-51(71-72(69-34-15-33-58)61(40(3)4)41(5)6)52(70-53)38-68-57(45-18-12-11-13-19-45,46-22-28-48(65-9)29-23-46)47-24-30-49(66-10)31-25-47/h11-13,18-31,37,39-42,51-53H,14-17,32,34-36,38H2,1-10H3/t42?,51-,52+,53+,72?/m0/s1. The van der Waals surface area contributed by atoms with E-state index in [1.807, 2.05) is 78.9 Å². The Balaban J connectivity index is 1.37. The summed E-state index contributed by atoms with van der Waals surface area (Å²) >= 11 is 0. The highest BCUT2D eigenvalue weighted by atomic mass is 31.2. The van der Waals surface area contributed by atoms with Gasteiger partial charge in [0.15, 0.2) is 0 Å². The number of hydrogen-bond donors (Lipinski definition) is 0. The smallest absolute Gasteiger partial charge is 0.340 e. The lowest BCUT2D eigenvalue weighted by molar-refractivity contribution is -0.0927. The van der Waals surface area contributed by atoms with E-state index in [1.165, 1.54) is 23.6 Å². The average molecular weight is 1010 g/mol. The SMILES string of the molecule is COc1ccc(C(OC[C@H]2O[C@@H](n3cc(C)c(=O)n(C(=O)c4ccc(OCCC(C)CCCC(C)C)cc4)c3=O)C[C@@H]2OP(OCCC#N)N(C(C)C)C(C)C)(c2ccccc2)c2ccc(OC)cc2)cc1. The molecule has 1 fully saturated rings. The molecule has 0 bridgehead atoms. The monoisotopic (exact) mass is 1000 g/mol. The molecule has 0 N–H and O–H groups in total. The third-order valence-corrected chi connectivity index (χ3v) is 15.1. The first-order valence-electron chi connectivity index (χ1n) is 25.1. The highest BCUT2D eigenvalue weighted by Crippen LogP contribution is 2.51. The van der Waals surface area contributed by atoms with Gasteiger partial charge in [-0.25, -0.2) is 9.46 Å². The third-order valence-electron chi connectivity index (χ3n) is 13.0. The van der Waals surface area contributed by atoms with E-state index in [-0.39, 0.29) is 49.3 Å². The summed E-state index contributed by atoms with van der Waals surface area (Å²) in [7, 11) is 1.44. The van der Waals surface area contributed by atoms with Crippen molar-refractivity contribution >= 4 is 14.4 Å². The number of ether oxygens (including phenoxy) is 5. The van der Waals surface area contributed by atoms with Crippen molar-refractivity contribution in [2.24, 2.45) is 11.8 Å². The second-order valence-electron chi connectivity index (χ2n) is 19.4. The van der Waals surface area contributed by atoms with Gasteiger partial charge in [-0.15, -0.1) is 0 Å². The number of aromatic nitrogens is 2. The minimum absolute atomic E-state index is 0.00420. The van der Waals surface area contributed by atoms with Crippen LogP contribution in [0, 0.1) is 30.1 Å². The van der Waals surface area contributed by atoms with Gasteiger partial charge in [0.2, 0.25) is 0 Å². The molecule has 2 heterocycles. The Morgan fingerprint density at radius 2 is 1.38 bits per heavy atom. The van der Waals surface area contributed by atoms with E-state index in [0.29, 0.717) is 40.3 Å². The number of rotatable bonds is 26. The summed E-state index contributed by atoms with van der Waals surface area (Å²) in [5.74, 6) is 2.37. The van der Waals surface area contributed by atoms with E-state index in [1.54, 1.807) is 45.4 Å². The molecule has 6 rings (SSSR count). The Kier molecular flexibility index (Phi) is 20.4. The van der Waals surface area contributed by atoms with Gasteiger partial charge in [-0.1, -0.05) is 94.6 Å². The maximum atomic E-state index is 14.6. The lowest BCUT2D eigenvalue weighted by Gasteiger charge is -2.39. The highest BCUT2D eigenvalue weighted by Gasteiger charge is 2.45. The molecular weight excluding hydrogens is 932 g/mol. The molecule has 0 saturated carbocycles. The third kappa shape index (κ3) is 13.7. The number of hydrogen-bond acceptors (Lipinski definition) is 12. The van der Waals surface area contributed by atoms with Gasteiger partial charge in [0, 0.05) is 35.8 Å². The first kappa shape index (κ1) is 55.7. The quantitative estimate of drug-likeness (QED) is 0.0294. The maximum Gasteiger partial charge on any atom is 0.340 e. The molecule has 0 radical (unpaired) electrons. The van der Waals surface area contributed by atoms with Crippen molar-refractivity contribution in [2.75, 3.05) is 34.0 Å². The normalized spacial score (nSPS) is 16.8. The predicted octanol–water partition coefficient (Wildman–Crippen LogP) is 11.2. The fourth-order valence-electron chi connectivity index (χ4n) is 9.13. The van der Waals surface area contributed by atoms with Gasteiger partial charge in [-0.05, 0) is 118 Å². The maximum absolute atomic E-state index is 14.6. The number of methoxy groups -OCH3 is 2. The number of nitrogens with zero attached hydrogens (tertiary/aromatic N) is 4. The second-order valence-corrected chi connectivity index (χ2v) is 20.8. The van der Waals surface area contributed by atoms with Crippen LogP contribution >= 0.6 is 8.53 Å². The van der Waals surface area contributed by atoms with Crippen molar-refractivity contribution in [3.05, 3.63) is 158 Å². The Bertz CT molecular complexity index is 2590. The molecule has 1 saturated heterocycles. The molecule has 1 aliphatic heterocycles. The van der Waals surface area contributed by atoms with Crippen molar-refractivity contribution in [1.82, 2.24) is 13.8 Å². The zero-order valence-corrected chi connectivity index (χ0v) is 44.5. The minimum atomic E-state index is -1.79. The van der Waals surface area contributed by atoms with Gasteiger partial charge >= 0.3 is 5.69 Å². The Morgan fingerprint density at radius 3 is 1.93 bits per heavy atom. The largest absolute Gasteiger partial charge is 0.497 e. The van der Waals surface area contributed by atoms with Crippen molar-refractivity contribution in [1.29, 1.82) is 5.26 Å². The van der Waals surface area contributed by atoms with Crippen LogP contribution in [-0.4, -0.2) is 78.0 Å². The molecule has 2 unspecified atom stereocenters.